The van der Waals surface area contributed by atoms with Crippen LogP contribution in [0.25, 0.3) is 0 Å². The highest BCUT2D eigenvalue weighted by atomic mass is 35.5. The number of amides is 2. The van der Waals surface area contributed by atoms with Crippen molar-refractivity contribution in [1.29, 1.82) is 0 Å². The number of carbonyl (C=O) groups is 2. The summed E-state index contributed by atoms with van der Waals surface area (Å²) in [6.07, 6.45) is 0.236. The van der Waals surface area contributed by atoms with Gasteiger partial charge in [0.1, 0.15) is 12.6 Å². The van der Waals surface area contributed by atoms with Gasteiger partial charge in [0.05, 0.1) is 15.5 Å². The van der Waals surface area contributed by atoms with Crippen molar-refractivity contribution < 1.29 is 22.9 Å². The highest BCUT2D eigenvalue weighted by Crippen LogP contribution is 2.28. The molecule has 0 radical (unpaired) electrons. The number of nitrogens with one attached hydrogen (secondary N) is 1. The summed E-state index contributed by atoms with van der Waals surface area (Å²) in [5, 5.41) is 14.3. The minimum absolute atomic E-state index is 0.0373. The molecule has 2 amide bonds. The Morgan fingerprint density at radius 1 is 1.03 bits per heavy atom. The van der Waals surface area contributed by atoms with Crippen molar-refractivity contribution in [2.45, 2.75) is 30.8 Å². The highest BCUT2D eigenvalue weighted by molar-refractivity contribution is 7.92. The van der Waals surface area contributed by atoms with Crippen molar-refractivity contribution >= 4 is 56.4 Å². The standard InChI is InChI=1S/C26H26Cl2N4O6S/c1-3-24(26(34)29-2)30(16-18-9-10-19(27)15-23(18)28)25(33)17-31(20-11-13-21(14-12-20)32(35)36)39(37,38)22-7-5-4-6-8-22/h4-15,24H,3,16-17H2,1-2H3,(H,29,34)/t24-/m0/s1. The molecule has 0 bridgehead atoms. The van der Waals surface area contributed by atoms with Gasteiger partial charge in [-0.3, -0.25) is 24.0 Å². The topological polar surface area (TPSA) is 130 Å². The van der Waals surface area contributed by atoms with Gasteiger partial charge in [-0.1, -0.05) is 54.4 Å². The quantitative estimate of drug-likeness (QED) is 0.255. The molecule has 13 heteroatoms. The fraction of sp³-hybridized carbons (Fsp3) is 0.231. The Bertz CT molecular complexity index is 1450. The second-order valence-corrected chi connectivity index (χ2v) is 11.1. The predicted octanol–water partition coefficient (Wildman–Crippen LogP) is 4.65. The first kappa shape index (κ1) is 29.9. The summed E-state index contributed by atoms with van der Waals surface area (Å²) in [5.41, 5.74) is 0.298. The van der Waals surface area contributed by atoms with Crippen LogP contribution in [0.2, 0.25) is 10.0 Å². The molecule has 1 atom stereocenters. The van der Waals surface area contributed by atoms with Gasteiger partial charge < -0.3 is 10.2 Å². The number of nitrogens with zero attached hydrogens (tertiary/aromatic N) is 3. The number of rotatable bonds is 11. The Morgan fingerprint density at radius 2 is 1.67 bits per heavy atom. The van der Waals surface area contributed by atoms with E-state index in [1.807, 2.05) is 0 Å². The number of hydrogen-bond donors (Lipinski definition) is 1. The van der Waals surface area contributed by atoms with E-state index in [9.17, 15) is 28.1 Å². The van der Waals surface area contributed by atoms with Gasteiger partial charge in [0.25, 0.3) is 15.7 Å². The largest absolute Gasteiger partial charge is 0.357 e. The van der Waals surface area contributed by atoms with Gasteiger partial charge in [0, 0.05) is 35.8 Å². The van der Waals surface area contributed by atoms with Gasteiger partial charge in [-0.25, -0.2) is 8.42 Å². The lowest BCUT2D eigenvalue weighted by molar-refractivity contribution is -0.384. The maximum absolute atomic E-state index is 13.8. The fourth-order valence-electron chi connectivity index (χ4n) is 3.91. The average molecular weight is 593 g/mol. The molecule has 0 unspecified atom stereocenters. The van der Waals surface area contributed by atoms with Crippen LogP contribution in [-0.2, 0) is 26.2 Å². The first-order valence-corrected chi connectivity index (χ1v) is 14.0. The number of halogens is 2. The molecule has 3 aromatic rings. The molecule has 0 spiro atoms. The van der Waals surface area contributed by atoms with E-state index in [1.54, 1.807) is 25.1 Å². The molecule has 0 fully saturated rings. The average Bonchev–Trinajstić information content (AvgIpc) is 2.92. The second-order valence-electron chi connectivity index (χ2n) is 8.39. The zero-order chi connectivity index (χ0) is 28.7. The Balaban J connectivity index is 2.08. The monoisotopic (exact) mass is 592 g/mol. The van der Waals surface area contributed by atoms with Crippen LogP contribution in [0, 0.1) is 10.1 Å². The minimum Gasteiger partial charge on any atom is -0.357 e. The predicted molar refractivity (Wildman–Crippen MR) is 149 cm³/mol. The third-order valence-corrected chi connectivity index (χ3v) is 8.32. The van der Waals surface area contributed by atoms with Crippen LogP contribution >= 0.6 is 23.2 Å². The van der Waals surface area contributed by atoms with Crippen molar-refractivity contribution in [3.8, 4) is 0 Å². The number of carbonyl (C=O) groups excluding carboxylic acids is 2. The zero-order valence-electron chi connectivity index (χ0n) is 21.1. The summed E-state index contributed by atoms with van der Waals surface area (Å²) in [7, 11) is -2.85. The van der Waals surface area contributed by atoms with Crippen LogP contribution in [0.15, 0.2) is 77.7 Å². The Labute approximate surface area is 236 Å². The lowest BCUT2D eigenvalue weighted by Gasteiger charge is -2.33. The van der Waals surface area contributed by atoms with Gasteiger partial charge in [0.15, 0.2) is 0 Å². The smallest absolute Gasteiger partial charge is 0.269 e. The molecule has 10 nitrogen and oxygen atoms in total. The number of nitro groups is 1. The number of nitro benzene ring substituents is 1. The van der Waals surface area contributed by atoms with Crippen LogP contribution in [0.5, 0.6) is 0 Å². The third-order valence-electron chi connectivity index (χ3n) is 5.95. The molecule has 0 aliphatic heterocycles. The SMILES string of the molecule is CC[C@@H](C(=O)NC)N(Cc1ccc(Cl)cc1Cl)C(=O)CN(c1ccc([N+](=O)[O-])cc1)S(=O)(=O)c1ccccc1. The van der Waals surface area contributed by atoms with Gasteiger partial charge in [0.2, 0.25) is 11.8 Å². The van der Waals surface area contributed by atoms with Gasteiger partial charge in [-0.2, -0.15) is 0 Å². The van der Waals surface area contributed by atoms with E-state index in [4.69, 9.17) is 23.2 Å². The normalized spacial score (nSPS) is 11.9. The molecule has 1 N–H and O–H groups in total. The lowest BCUT2D eigenvalue weighted by Crippen LogP contribution is -2.51. The molecule has 39 heavy (non-hydrogen) atoms. The molecule has 206 valence electrons. The molecule has 0 saturated heterocycles. The highest BCUT2D eigenvalue weighted by Gasteiger charge is 2.33. The number of benzene rings is 3. The Hall–Kier alpha value is -3.67. The van der Waals surface area contributed by atoms with Crippen molar-refractivity contribution in [3.63, 3.8) is 0 Å². The van der Waals surface area contributed by atoms with Crippen molar-refractivity contribution in [1.82, 2.24) is 10.2 Å². The first-order valence-electron chi connectivity index (χ1n) is 11.8. The number of sulfonamides is 1. The van der Waals surface area contributed by atoms with Gasteiger partial charge in [-0.15, -0.1) is 0 Å². The van der Waals surface area contributed by atoms with Gasteiger partial charge in [-0.05, 0) is 48.4 Å². The van der Waals surface area contributed by atoms with E-state index in [2.05, 4.69) is 5.32 Å². The molecule has 3 rings (SSSR count). The molecule has 0 aliphatic rings. The second kappa shape index (κ2) is 12.9. The van der Waals surface area contributed by atoms with Crippen molar-refractivity contribution in [2.24, 2.45) is 0 Å². The zero-order valence-corrected chi connectivity index (χ0v) is 23.4. The fourth-order valence-corrected chi connectivity index (χ4v) is 5.81. The summed E-state index contributed by atoms with van der Waals surface area (Å²) >= 11 is 12.4. The van der Waals surface area contributed by atoms with Gasteiger partial charge >= 0.3 is 0 Å². The number of likely N-dealkylation sites (N-methyl/N-ethyl adjacent to an activating group) is 1. The molecule has 0 aliphatic carbocycles. The summed E-state index contributed by atoms with van der Waals surface area (Å²) in [4.78, 5) is 38.3. The van der Waals surface area contributed by atoms with E-state index in [0.29, 0.717) is 10.6 Å². The third kappa shape index (κ3) is 7.05. The summed E-state index contributed by atoms with van der Waals surface area (Å²) in [5.74, 6) is -1.13. The Morgan fingerprint density at radius 3 is 2.21 bits per heavy atom. The summed E-state index contributed by atoms with van der Waals surface area (Å²) in [6, 6.07) is 16.1. The minimum atomic E-state index is -4.29. The first-order chi connectivity index (χ1) is 18.5. The maximum Gasteiger partial charge on any atom is 0.269 e. The van der Waals surface area contributed by atoms with Crippen molar-refractivity contribution in [2.75, 3.05) is 17.9 Å². The molecule has 0 heterocycles. The van der Waals surface area contributed by atoms with E-state index >= 15 is 0 Å². The summed E-state index contributed by atoms with van der Waals surface area (Å²) < 4.78 is 28.3. The molecular formula is C26H26Cl2N4O6S. The Kier molecular flexibility index (Phi) is 9.90. The van der Waals surface area contributed by atoms with E-state index in [-0.39, 0.29) is 34.3 Å². The van der Waals surface area contributed by atoms with E-state index < -0.39 is 39.3 Å². The molecule has 0 aromatic heterocycles. The lowest BCUT2D eigenvalue weighted by atomic mass is 10.1. The van der Waals surface area contributed by atoms with Crippen LogP contribution in [-0.4, -0.2) is 49.7 Å². The number of hydrogen-bond acceptors (Lipinski definition) is 6. The van der Waals surface area contributed by atoms with Crippen molar-refractivity contribution in [3.05, 3.63) is 98.5 Å². The maximum atomic E-state index is 13.8. The van der Waals surface area contributed by atoms with E-state index in [1.165, 1.54) is 54.4 Å². The van der Waals surface area contributed by atoms with Crippen LogP contribution in [0.1, 0.15) is 18.9 Å². The molecular weight excluding hydrogens is 567 g/mol. The van der Waals surface area contributed by atoms with E-state index in [0.717, 1.165) is 16.4 Å². The molecule has 0 saturated carbocycles. The summed E-state index contributed by atoms with van der Waals surface area (Å²) in [6.45, 7) is 0.937. The number of anilines is 1. The van der Waals surface area contributed by atoms with Crippen LogP contribution in [0.4, 0.5) is 11.4 Å². The van der Waals surface area contributed by atoms with Crippen LogP contribution in [0.3, 0.4) is 0 Å². The van der Waals surface area contributed by atoms with Crippen LogP contribution < -0.4 is 9.62 Å². The molecule has 3 aromatic carbocycles. The number of non-ortho nitro benzene ring substituents is 1.